The van der Waals surface area contributed by atoms with Gasteiger partial charge < -0.3 is 20.3 Å². The molecule has 2 N–H and O–H groups in total. The van der Waals surface area contributed by atoms with Crippen molar-refractivity contribution >= 4 is 35.6 Å². The Labute approximate surface area is 209 Å². The molecule has 1 saturated heterocycles. The first-order valence-electron chi connectivity index (χ1n) is 11.4. The van der Waals surface area contributed by atoms with E-state index in [2.05, 4.69) is 49.6 Å². The Bertz CT molecular complexity index is 759. The van der Waals surface area contributed by atoms with Crippen LogP contribution >= 0.6 is 24.0 Å². The van der Waals surface area contributed by atoms with E-state index in [0.29, 0.717) is 0 Å². The van der Waals surface area contributed by atoms with Gasteiger partial charge in [-0.3, -0.25) is 14.6 Å². The quantitative estimate of drug-likeness (QED) is 0.192. The SMILES string of the molecule is CCNC(=NCCCn1cccn1)NCCCN1CCN(c2ccc(OC)cc2)CC1.I. The van der Waals surface area contributed by atoms with E-state index in [1.165, 1.54) is 5.69 Å². The molecule has 8 nitrogen and oxygen atoms in total. The lowest BCUT2D eigenvalue weighted by Gasteiger charge is -2.36. The van der Waals surface area contributed by atoms with Crippen LogP contribution in [-0.4, -0.2) is 80.1 Å². The van der Waals surface area contributed by atoms with Crippen LogP contribution in [0.15, 0.2) is 47.7 Å². The maximum Gasteiger partial charge on any atom is 0.191 e. The number of ether oxygens (including phenoxy) is 1. The van der Waals surface area contributed by atoms with Gasteiger partial charge in [-0.1, -0.05) is 0 Å². The van der Waals surface area contributed by atoms with Crippen LogP contribution in [0.4, 0.5) is 5.69 Å². The molecule has 178 valence electrons. The summed E-state index contributed by atoms with van der Waals surface area (Å²) in [5.74, 6) is 1.82. The van der Waals surface area contributed by atoms with Gasteiger partial charge in [-0.15, -0.1) is 24.0 Å². The second-order valence-corrected chi connectivity index (χ2v) is 7.69. The van der Waals surface area contributed by atoms with Crippen molar-refractivity contribution in [2.45, 2.75) is 26.3 Å². The number of nitrogens with zero attached hydrogens (tertiary/aromatic N) is 5. The molecule has 1 aromatic carbocycles. The second-order valence-electron chi connectivity index (χ2n) is 7.69. The molecule has 0 bridgehead atoms. The zero-order valence-corrected chi connectivity index (χ0v) is 21.7. The molecule has 0 amide bonds. The van der Waals surface area contributed by atoms with E-state index in [1.807, 2.05) is 35.3 Å². The normalized spacial score (nSPS) is 14.7. The number of halogens is 1. The van der Waals surface area contributed by atoms with E-state index in [9.17, 15) is 0 Å². The molecule has 1 aromatic heterocycles. The van der Waals surface area contributed by atoms with Crippen LogP contribution in [-0.2, 0) is 6.54 Å². The van der Waals surface area contributed by atoms with Crippen molar-refractivity contribution in [2.24, 2.45) is 4.99 Å². The first-order chi connectivity index (χ1) is 15.3. The molecular weight excluding hydrogens is 517 g/mol. The van der Waals surface area contributed by atoms with Crippen molar-refractivity contribution in [3.63, 3.8) is 0 Å². The highest BCUT2D eigenvalue weighted by Gasteiger charge is 2.16. The number of aryl methyl sites for hydroxylation is 1. The fourth-order valence-electron chi connectivity index (χ4n) is 3.73. The number of hydrogen-bond donors (Lipinski definition) is 2. The molecule has 32 heavy (non-hydrogen) atoms. The number of guanidine groups is 1. The molecule has 0 radical (unpaired) electrons. The molecule has 0 aliphatic carbocycles. The van der Waals surface area contributed by atoms with Crippen molar-refractivity contribution < 1.29 is 4.74 Å². The predicted molar refractivity (Wildman–Crippen MR) is 143 cm³/mol. The topological polar surface area (TPSA) is 70.0 Å². The summed E-state index contributed by atoms with van der Waals surface area (Å²) in [5, 5.41) is 11.0. The zero-order valence-electron chi connectivity index (χ0n) is 19.4. The standard InChI is InChI=1S/C23H37N7O.HI/c1-3-24-23(26-12-5-15-30-16-6-13-27-30)25-11-4-14-28-17-19-29(20-18-28)21-7-9-22(31-2)10-8-21;/h6-10,13,16H,3-5,11-12,14-15,17-20H2,1-2H3,(H2,24,25,26);1H. The third-order valence-corrected chi connectivity index (χ3v) is 5.47. The van der Waals surface area contributed by atoms with Crippen LogP contribution in [0.3, 0.4) is 0 Å². The zero-order chi connectivity index (χ0) is 21.7. The van der Waals surface area contributed by atoms with Gasteiger partial charge in [-0.2, -0.15) is 5.10 Å². The van der Waals surface area contributed by atoms with Gasteiger partial charge in [0.05, 0.1) is 7.11 Å². The van der Waals surface area contributed by atoms with Crippen LogP contribution in [0.25, 0.3) is 0 Å². The van der Waals surface area contributed by atoms with Crippen molar-refractivity contribution in [1.82, 2.24) is 25.3 Å². The summed E-state index contributed by atoms with van der Waals surface area (Å²) < 4.78 is 7.20. The van der Waals surface area contributed by atoms with Crippen LogP contribution in [0.1, 0.15) is 19.8 Å². The lowest BCUT2D eigenvalue weighted by molar-refractivity contribution is 0.255. The van der Waals surface area contributed by atoms with E-state index in [-0.39, 0.29) is 24.0 Å². The number of aromatic nitrogens is 2. The van der Waals surface area contributed by atoms with E-state index in [1.54, 1.807) is 7.11 Å². The number of piperazine rings is 1. The van der Waals surface area contributed by atoms with E-state index < -0.39 is 0 Å². The van der Waals surface area contributed by atoms with Crippen molar-refractivity contribution in [3.05, 3.63) is 42.7 Å². The molecule has 1 fully saturated rings. The predicted octanol–water partition coefficient (Wildman–Crippen LogP) is 2.67. The van der Waals surface area contributed by atoms with E-state index >= 15 is 0 Å². The molecule has 2 aromatic rings. The lowest BCUT2D eigenvalue weighted by atomic mass is 10.2. The highest BCUT2D eigenvalue weighted by Crippen LogP contribution is 2.20. The Kier molecular flexibility index (Phi) is 12.3. The summed E-state index contributed by atoms with van der Waals surface area (Å²) in [5.41, 5.74) is 1.28. The number of nitrogens with one attached hydrogen (secondary N) is 2. The molecule has 1 aliphatic heterocycles. The first-order valence-corrected chi connectivity index (χ1v) is 11.4. The number of benzene rings is 1. The fourth-order valence-corrected chi connectivity index (χ4v) is 3.73. The van der Waals surface area contributed by atoms with Gasteiger partial charge in [0.1, 0.15) is 5.75 Å². The fraction of sp³-hybridized carbons (Fsp3) is 0.565. The summed E-state index contributed by atoms with van der Waals surface area (Å²) in [6.07, 6.45) is 5.90. The average Bonchev–Trinajstić information content (AvgIpc) is 3.33. The van der Waals surface area contributed by atoms with Gasteiger partial charge in [0, 0.05) is 70.4 Å². The Balaban J connectivity index is 0.00000363. The van der Waals surface area contributed by atoms with Gasteiger partial charge in [0.15, 0.2) is 5.96 Å². The molecule has 3 rings (SSSR count). The monoisotopic (exact) mass is 555 g/mol. The summed E-state index contributed by atoms with van der Waals surface area (Å²) in [6.45, 7) is 11.1. The van der Waals surface area contributed by atoms with Crippen molar-refractivity contribution in [2.75, 3.05) is 64.4 Å². The summed E-state index contributed by atoms with van der Waals surface area (Å²) in [7, 11) is 1.71. The molecule has 0 spiro atoms. The van der Waals surface area contributed by atoms with Gasteiger partial charge in [-0.05, 0) is 56.6 Å². The largest absolute Gasteiger partial charge is 0.497 e. The third kappa shape index (κ3) is 8.85. The number of methoxy groups -OCH3 is 1. The molecular formula is C23H38IN7O. The summed E-state index contributed by atoms with van der Waals surface area (Å²) in [6, 6.07) is 10.3. The maximum absolute atomic E-state index is 5.25. The molecule has 0 unspecified atom stereocenters. The maximum atomic E-state index is 5.25. The van der Waals surface area contributed by atoms with E-state index in [4.69, 9.17) is 4.74 Å². The third-order valence-electron chi connectivity index (χ3n) is 5.47. The summed E-state index contributed by atoms with van der Waals surface area (Å²) >= 11 is 0. The van der Waals surface area contributed by atoms with Gasteiger partial charge in [0.25, 0.3) is 0 Å². The smallest absolute Gasteiger partial charge is 0.191 e. The van der Waals surface area contributed by atoms with Crippen LogP contribution in [0, 0.1) is 0 Å². The Morgan fingerprint density at radius 3 is 2.50 bits per heavy atom. The molecule has 9 heteroatoms. The van der Waals surface area contributed by atoms with Gasteiger partial charge >= 0.3 is 0 Å². The highest BCUT2D eigenvalue weighted by atomic mass is 127. The van der Waals surface area contributed by atoms with Gasteiger partial charge in [0.2, 0.25) is 0 Å². The van der Waals surface area contributed by atoms with Crippen molar-refractivity contribution in [3.8, 4) is 5.75 Å². The van der Waals surface area contributed by atoms with Crippen molar-refractivity contribution in [1.29, 1.82) is 0 Å². The number of rotatable bonds is 11. The van der Waals surface area contributed by atoms with E-state index in [0.717, 1.165) is 83.5 Å². The molecule has 0 saturated carbocycles. The summed E-state index contributed by atoms with van der Waals surface area (Å²) in [4.78, 5) is 9.68. The number of hydrogen-bond acceptors (Lipinski definition) is 5. The second kappa shape index (κ2) is 14.9. The molecule has 2 heterocycles. The lowest BCUT2D eigenvalue weighted by Crippen LogP contribution is -2.47. The van der Waals surface area contributed by atoms with Crippen LogP contribution < -0.4 is 20.3 Å². The number of anilines is 1. The molecule has 0 atom stereocenters. The molecule has 1 aliphatic rings. The minimum Gasteiger partial charge on any atom is -0.497 e. The average molecular weight is 556 g/mol. The first kappa shape index (κ1) is 26.2. The van der Waals surface area contributed by atoms with Gasteiger partial charge in [-0.25, -0.2) is 0 Å². The minimum atomic E-state index is 0. The Morgan fingerprint density at radius 1 is 1.06 bits per heavy atom. The Hall–Kier alpha value is -2.01. The van der Waals surface area contributed by atoms with Crippen LogP contribution in [0.2, 0.25) is 0 Å². The number of aliphatic imine (C=N–C) groups is 1. The van der Waals surface area contributed by atoms with Crippen LogP contribution in [0.5, 0.6) is 5.75 Å². The highest BCUT2D eigenvalue weighted by molar-refractivity contribution is 14.0. The Morgan fingerprint density at radius 2 is 1.84 bits per heavy atom. The minimum absolute atomic E-state index is 0.